The molecule has 0 aliphatic carbocycles. The van der Waals surface area contributed by atoms with E-state index in [0.717, 1.165) is 17.0 Å². The Balaban J connectivity index is 1.42. The Labute approximate surface area is 198 Å². The van der Waals surface area contributed by atoms with Crippen molar-refractivity contribution >= 4 is 11.8 Å². The molecular weight excluding hydrogens is 428 g/mol. The van der Waals surface area contributed by atoms with E-state index >= 15 is 0 Å². The Bertz CT molecular complexity index is 1220. The number of amides is 2. The van der Waals surface area contributed by atoms with Gasteiger partial charge in [-0.25, -0.2) is 4.68 Å². The molecule has 0 aliphatic heterocycles. The molecule has 34 heavy (non-hydrogen) atoms. The summed E-state index contributed by atoms with van der Waals surface area (Å²) < 4.78 is 6.92. The number of hydrogen-bond donors (Lipinski definition) is 2. The maximum atomic E-state index is 13.1. The second-order valence-electron chi connectivity index (χ2n) is 7.75. The van der Waals surface area contributed by atoms with E-state index in [2.05, 4.69) is 15.7 Å². The van der Waals surface area contributed by atoms with E-state index in [1.54, 1.807) is 36.1 Å². The fourth-order valence-corrected chi connectivity index (χ4v) is 3.53. The van der Waals surface area contributed by atoms with E-state index in [4.69, 9.17) is 4.74 Å². The van der Waals surface area contributed by atoms with Crippen molar-refractivity contribution in [1.82, 2.24) is 20.4 Å². The van der Waals surface area contributed by atoms with Crippen LogP contribution in [0.3, 0.4) is 0 Å². The van der Waals surface area contributed by atoms with Crippen molar-refractivity contribution in [1.29, 1.82) is 0 Å². The summed E-state index contributed by atoms with van der Waals surface area (Å²) in [4.78, 5) is 25.8. The molecular formula is C27H26N4O3. The Morgan fingerprint density at radius 2 is 1.59 bits per heavy atom. The summed E-state index contributed by atoms with van der Waals surface area (Å²) in [7, 11) is 1.62. The van der Waals surface area contributed by atoms with E-state index < -0.39 is 6.04 Å². The zero-order chi connectivity index (χ0) is 23.8. The highest BCUT2D eigenvalue weighted by atomic mass is 16.5. The van der Waals surface area contributed by atoms with Crippen molar-refractivity contribution in [3.05, 3.63) is 114 Å². The van der Waals surface area contributed by atoms with Gasteiger partial charge < -0.3 is 15.4 Å². The van der Waals surface area contributed by atoms with Gasteiger partial charge in [0.15, 0.2) is 0 Å². The largest absolute Gasteiger partial charge is 0.497 e. The van der Waals surface area contributed by atoms with Gasteiger partial charge in [-0.2, -0.15) is 5.10 Å². The van der Waals surface area contributed by atoms with Crippen molar-refractivity contribution in [2.45, 2.75) is 19.0 Å². The quantitative estimate of drug-likeness (QED) is 0.405. The molecule has 1 atom stereocenters. The molecule has 0 bridgehead atoms. The van der Waals surface area contributed by atoms with E-state index in [9.17, 15) is 9.59 Å². The zero-order valence-corrected chi connectivity index (χ0v) is 18.8. The maximum absolute atomic E-state index is 13.1. The predicted octanol–water partition coefficient (Wildman–Crippen LogP) is 3.54. The number of methoxy groups -OCH3 is 1. The van der Waals surface area contributed by atoms with E-state index in [0.29, 0.717) is 17.7 Å². The molecule has 2 amide bonds. The van der Waals surface area contributed by atoms with Crippen LogP contribution in [-0.4, -0.2) is 34.7 Å². The number of rotatable bonds is 9. The minimum absolute atomic E-state index is 0.245. The van der Waals surface area contributed by atoms with Gasteiger partial charge in [0, 0.05) is 18.2 Å². The third-order valence-electron chi connectivity index (χ3n) is 5.37. The first kappa shape index (κ1) is 22.8. The monoisotopic (exact) mass is 454 g/mol. The van der Waals surface area contributed by atoms with Crippen molar-refractivity contribution in [2.75, 3.05) is 7.11 Å². The van der Waals surface area contributed by atoms with Crippen LogP contribution in [0.1, 0.15) is 21.6 Å². The van der Waals surface area contributed by atoms with Crippen LogP contribution in [0.5, 0.6) is 5.75 Å². The van der Waals surface area contributed by atoms with Crippen LogP contribution < -0.4 is 15.4 Å². The number of benzene rings is 3. The lowest BCUT2D eigenvalue weighted by Crippen LogP contribution is -2.47. The summed E-state index contributed by atoms with van der Waals surface area (Å²) in [5.41, 5.74) is 3.05. The van der Waals surface area contributed by atoms with E-state index in [-0.39, 0.29) is 18.4 Å². The van der Waals surface area contributed by atoms with Gasteiger partial charge >= 0.3 is 0 Å². The Hall–Kier alpha value is -4.39. The number of aromatic nitrogens is 2. The van der Waals surface area contributed by atoms with Crippen molar-refractivity contribution in [3.63, 3.8) is 0 Å². The number of nitrogens with one attached hydrogen (secondary N) is 2. The minimum atomic E-state index is -0.723. The molecule has 1 heterocycles. The SMILES string of the molecule is COc1ccc(-n2ccc(CNC(=O)C(Cc3ccccc3)NC(=O)c3ccccc3)n2)cc1. The average Bonchev–Trinajstić information content (AvgIpc) is 3.37. The molecule has 1 unspecified atom stereocenters. The lowest BCUT2D eigenvalue weighted by atomic mass is 10.0. The van der Waals surface area contributed by atoms with Gasteiger partial charge in [0.25, 0.3) is 5.91 Å². The number of ether oxygens (including phenoxy) is 1. The van der Waals surface area contributed by atoms with Gasteiger partial charge in [-0.3, -0.25) is 9.59 Å². The van der Waals surface area contributed by atoms with Crippen molar-refractivity contribution < 1.29 is 14.3 Å². The van der Waals surface area contributed by atoms with Gasteiger partial charge in [0.1, 0.15) is 11.8 Å². The third kappa shape index (κ3) is 5.89. The first-order chi connectivity index (χ1) is 16.6. The molecule has 0 aliphatic rings. The van der Waals surface area contributed by atoms with E-state index in [1.807, 2.05) is 72.9 Å². The fourth-order valence-electron chi connectivity index (χ4n) is 3.53. The molecule has 0 saturated carbocycles. The number of hydrogen-bond acceptors (Lipinski definition) is 4. The maximum Gasteiger partial charge on any atom is 0.251 e. The van der Waals surface area contributed by atoms with Crippen molar-refractivity contribution in [3.8, 4) is 11.4 Å². The molecule has 2 N–H and O–H groups in total. The summed E-state index contributed by atoms with van der Waals surface area (Å²) >= 11 is 0. The molecule has 7 nitrogen and oxygen atoms in total. The van der Waals surface area contributed by atoms with Crippen LogP contribution in [0.2, 0.25) is 0 Å². The molecule has 7 heteroatoms. The summed E-state index contributed by atoms with van der Waals surface area (Å²) in [5.74, 6) is 0.206. The van der Waals surface area contributed by atoms with Crippen LogP contribution in [0.15, 0.2) is 97.2 Å². The highest BCUT2D eigenvalue weighted by molar-refractivity contribution is 5.97. The highest BCUT2D eigenvalue weighted by Gasteiger charge is 2.22. The Morgan fingerprint density at radius 3 is 2.26 bits per heavy atom. The number of carbonyl (C=O) groups is 2. The molecule has 4 rings (SSSR count). The fraction of sp³-hybridized carbons (Fsp3) is 0.148. The van der Waals surface area contributed by atoms with Gasteiger partial charge in [-0.1, -0.05) is 48.5 Å². The first-order valence-electron chi connectivity index (χ1n) is 11.0. The van der Waals surface area contributed by atoms with Gasteiger partial charge in [-0.05, 0) is 48.0 Å². The lowest BCUT2D eigenvalue weighted by molar-refractivity contribution is -0.123. The van der Waals surface area contributed by atoms with Gasteiger partial charge in [0.05, 0.1) is 25.0 Å². The second-order valence-corrected chi connectivity index (χ2v) is 7.75. The molecule has 4 aromatic rings. The Kier molecular flexibility index (Phi) is 7.35. The number of carbonyl (C=O) groups excluding carboxylic acids is 2. The van der Waals surface area contributed by atoms with Crippen molar-refractivity contribution in [2.24, 2.45) is 0 Å². The summed E-state index contributed by atoms with van der Waals surface area (Å²) in [6, 6.07) is 27.1. The topological polar surface area (TPSA) is 85.2 Å². The summed E-state index contributed by atoms with van der Waals surface area (Å²) in [6.45, 7) is 0.245. The van der Waals surface area contributed by atoms with Crippen LogP contribution in [0, 0.1) is 0 Å². The van der Waals surface area contributed by atoms with Gasteiger partial charge in [0.2, 0.25) is 5.91 Å². The first-order valence-corrected chi connectivity index (χ1v) is 11.0. The molecule has 1 aromatic heterocycles. The molecule has 0 saturated heterocycles. The van der Waals surface area contributed by atoms with Crippen LogP contribution in [0.4, 0.5) is 0 Å². The normalized spacial score (nSPS) is 11.4. The van der Waals surface area contributed by atoms with Crippen LogP contribution >= 0.6 is 0 Å². The molecule has 0 radical (unpaired) electrons. The number of nitrogens with zero attached hydrogens (tertiary/aromatic N) is 2. The second kappa shape index (κ2) is 11.0. The minimum Gasteiger partial charge on any atom is -0.497 e. The molecule has 0 spiro atoms. The summed E-state index contributed by atoms with van der Waals surface area (Å²) in [5, 5.41) is 10.3. The van der Waals surface area contributed by atoms with Crippen LogP contribution in [0.25, 0.3) is 5.69 Å². The molecule has 172 valence electrons. The summed E-state index contributed by atoms with van der Waals surface area (Å²) in [6.07, 6.45) is 2.22. The molecule has 0 fully saturated rings. The average molecular weight is 455 g/mol. The third-order valence-corrected chi connectivity index (χ3v) is 5.37. The zero-order valence-electron chi connectivity index (χ0n) is 18.8. The highest BCUT2D eigenvalue weighted by Crippen LogP contribution is 2.14. The smallest absolute Gasteiger partial charge is 0.251 e. The van der Waals surface area contributed by atoms with E-state index in [1.165, 1.54) is 0 Å². The predicted molar refractivity (Wildman–Crippen MR) is 130 cm³/mol. The molecule has 3 aromatic carbocycles. The lowest BCUT2D eigenvalue weighted by Gasteiger charge is -2.18. The van der Waals surface area contributed by atoms with Crippen LogP contribution in [-0.2, 0) is 17.8 Å². The standard InChI is InChI=1S/C27H26N4O3/c1-34-24-14-12-23(13-15-24)31-17-16-22(30-31)19-28-27(33)25(18-20-8-4-2-5-9-20)29-26(32)21-10-6-3-7-11-21/h2-17,25H,18-19H2,1H3,(H,28,33)(H,29,32). The van der Waals surface area contributed by atoms with Gasteiger partial charge in [-0.15, -0.1) is 0 Å². The Morgan fingerprint density at radius 1 is 0.912 bits per heavy atom.